The molecule has 0 radical (unpaired) electrons. The van der Waals surface area contributed by atoms with Gasteiger partial charge in [0.25, 0.3) is 0 Å². The standard InChI is InChI=1S/C16H11ClN4/c17-12-4-1-5-14-15(12)21(16(18)20-14)11-6-7-13-10(9-11)3-2-8-19-13/h1-9H,(H2,18,20). The van der Waals surface area contributed by atoms with Crippen molar-refractivity contribution >= 4 is 39.5 Å². The number of benzene rings is 2. The van der Waals surface area contributed by atoms with Gasteiger partial charge in [-0.1, -0.05) is 23.7 Å². The summed E-state index contributed by atoms with van der Waals surface area (Å²) in [6.45, 7) is 0. The van der Waals surface area contributed by atoms with E-state index >= 15 is 0 Å². The molecule has 0 unspecified atom stereocenters. The zero-order chi connectivity index (χ0) is 14.4. The highest BCUT2D eigenvalue weighted by atomic mass is 35.5. The van der Waals surface area contributed by atoms with Gasteiger partial charge in [0.1, 0.15) is 0 Å². The van der Waals surface area contributed by atoms with Crippen LogP contribution in [0.4, 0.5) is 5.95 Å². The molecule has 4 nitrogen and oxygen atoms in total. The second kappa shape index (κ2) is 4.46. The summed E-state index contributed by atoms with van der Waals surface area (Å²) in [5, 5.41) is 1.67. The van der Waals surface area contributed by atoms with E-state index in [9.17, 15) is 0 Å². The molecule has 102 valence electrons. The Labute approximate surface area is 125 Å². The summed E-state index contributed by atoms with van der Waals surface area (Å²) in [5.74, 6) is 0.418. The Bertz CT molecular complexity index is 975. The number of para-hydroxylation sites is 1. The van der Waals surface area contributed by atoms with Crippen molar-refractivity contribution in [3.05, 3.63) is 59.8 Å². The molecule has 0 saturated heterocycles. The fourth-order valence-corrected chi connectivity index (χ4v) is 2.82. The molecule has 0 amide bonds. The van der Waals surface area contributed by atoms with E-state index in [0.717, 1.165) is 27.6 Å². The lowest BCUT2D eigenvalue weighted by Gasteiger charge is -2.08. The Morgan fingerprint density at radius 1 is 1.00 bits per heavy atom. The third-order valence-electron chi connectivity index (χ3n) is 3.50. The number of fused-ring (bicyclic) bond motifs is 2. The number of rotatable bonds is 1. The first-order valence-electron chi connectivity index (χ1n) is 6.51. The van der Waals surface area contributed by atoms with E-state index in [4.69, 9.17) is 17.3 Å². The summed E-state index contributed by atoms with van der Waals surface area (Å²) in [7, 11) is 0. The van der Waals surface area contributed by atoms with E-state index in [1.165, 1.54) is 0 Å². The second-order valence-electron chi connectivity index (χ2n) is 4.79. The minimum absolute atomic E-state index is 0.418. The molecule has 2 aromatic heterocycles. The summed E-state index contributed by atoms with van der Waals surface area (Å²) in [6, 6.07) is 15.5. The van der Waals surface area contributed by atoms with Crippen LogP contribution in [0, 0.1) is 0 Å². The van der Waals surface area contributed by atoms with E-state index in [-0.39, 0.29) is 0 Å². The summed E-state index contributed by atoms with van der Waals surface area (Å²) in [6.07, 6.45) is 1.78. The van der Waals surface area contributed by atoms with Crippen LogP contribution in [-0.2, 0) is 0 Å². The molecule has 0 aliphatic heterocycles. The van der Waals surface area contributed by atoms with Crippen LogP contribution in [0.3, 0.4) is 0 Å². The molecular formula is C16H11ClN4. The van der Waals surface area contributed by atoms with Gasteiger partial charge in [-0.3, -0.25) is 9.55 Å². The first-order valence-corrected chi connectivity index (χ1v) is 6.89. The van der Waals surface area contributed by atoms with Crippen molar-refractivity contribution in [2.24, 2.45) is 0 Å². The van der Waals surface area contributed by atoms with Gasteiger partial charge in [-0.15, -0.1) is 0 Å². The van der Waals surface area contributed by atoms with Crippen LogP contribution in [0.2, 0.25) is 5.02 Å². The van der Waals surface area contributed by atoms with Crippen molar-refractivity contribution in [3.63, 3.8) is 0 Å². The molecule has 0 fully saturated rings. The van der Waals surface area contributed by atoms with Crippen molar-refractivity contribution in [3.8, 4) is 5.69 Å². The molecule has 0 aliphatic rings. The van der Waals surface area contributed by atoms with Crippen LogP contribution in [0.1, 0.15) is 0 Å². The minimum Gasteiger partial charge on any atom is -0.369 e. The molecule has 0 bridgehead atoms. The monoisotopic (exact) mass is 294 g/mol. The number of halogens is 1. The summed E-state index contributed by atoms with van der Waals surface area (Å²) < 4.78 is 1.87. The minimum atomic E-state index is 0.418. The highest BCUT2D eigenvalue weighted by Gasteiger charge is 2.13. The Morgan fingerprint density at radius 3 is 2.81 bits per heavy atom. The number of nitrogen functional groups attached to an aromatic ring is 1. The summed E-state index contributed by atoms with van der Waals surface area (Å²) in [5.41, 5.74) is 9.54. The Hall–Kier alpha value is -2.59. The Kier molecular flexibility index (Phi) is 2.59. The number of anilines is 1. The summed E-state index contributed by atoms with van der Waals surface area (Å²) in [4.78, 5) is 8.69. The molecular weight excluding hydrogens is 284 g/mol. The van der Waals surface area contributed by atoms with Crippen LogP contribution < -0.4 is 5.73 Å². The topological polar surface area (TPSA) is 56.7 Å². The molecule has 0 spiro atoms. The average Bonchev–Trinajstić information content (AvgIpc) is 2.84. The molecule has 2 N–H and O–H groups in total. The van der Waals surface area contributed by atoms with Crippen molar-refractivity contribution in [1.82, 2.24) is 14.5 Å². The number of pyridine rings is 1. The van der Waals surface area contributed by atoms with Crippen LogP contribution in [-0.4, -0.2) is 14.5 Å². The van der Waals surface area contributed by atoms with Gasteiger partial charge in [0, 0.05) is 17.3 Å². The van der Waals surface area contributed by atoms with Gasteiger partial charge in [-0.25, -0.2) is 4.98 Å². The van der Waals surface area contributed by atoms with Crippen molar-refractivity contribution in [2.45, 2.75) is 0 Å². The lowest BCUT2D eigenvalue weighted by Crippen LogP contribution is -2.00. The van der Waals surface area contributed by atoms with E-state index in [1.807, 2.05) is 53.1 Å². The lowest BCUT2D eigenvalue weighted by molar-refractivity contribution is 1.11. The van der Waals surface area contributed by atoms with Gasteiger partial charge >= 0.3 is 0 Å². The molecule has 0 aliphatic carbocycles. The third kappa shape index (κ3) is 1.84. The number of hydrogen-bond acceptors (Lipinski definition) is 3. The maximum atomic E-state index is 6.31. The normalized spacial score (nSPS) is 11.3. The van der Waals surface area contributed by atoms with Crippen molar-refractivity contribution < 1.29 is 0 Å². The molecule has 4 rings (SSSR count). The smallest absolute Gasteiger partial charge is 0.205 e. The van der Waals surface area contributed by atoms with E-state index in [0.29, 0.717) is 11.0 Å². The molecule has 5 heteroatoms. The third-order valence-corrected chi connectivity index (χ3v) is 3.80. The quantitative estimate of drug-likeness (QED) is 0.581. The number of nitrogens with two attached hydrogens (primary N) is 1. The highest BCUT2D eigenvalue weighted by molar-refractivity contribution is 6.35. The molecule has 21 heavy (non-hydrogen) atoms. The molecule has 4 aromatic rings. The summed E-state index contributed by atoms with van der Waals surface area (Å²) >= 11 is 6.31. The zero-order valence-corrected chi connectivity index (χ0v) is 11.7. The van der Waals surface area contributed by atoms with Crippen molar-refractivity contribution in [2.75, 3.05) is 5.73 Å². The van der Waals surface area contributed by atoms with Gasteiger partial charge < -0.3 is 5.73 Å². The highest BCUT2D eigenvalue weighted by Crippen LogP contribution is 2.29. The Balaban J connectivity index is 2.06. The zero-order valence-electron chi connectivity index (χ0n) is 11.0. The predicted molar refractivity (Wildman–Crippen MR) is 85.8 cm³/mol. The Morgan fingerprint density at radius 2 is 1.90 bits per heavy atom. The average molecular weight is 295 g/mol. The van der Waals surface area contributed by atoms with E-state index in [1.54, 1.807) is 6.20 Å². The number of nitrogens with zero attached hydrogens (tertiary/aromatic N) is 3. The van der Waals surface area contributed by atoms with E-state index < -0.39 is 0 Å². The van der Waals surface area contributed by atoms with Crippen molar-refractivity contribution in [1.29, 1.82) is 0 Å². The second-order valence-corrected chi connectivity index (χ2v) is 5.20. The number of hydrogen-bond donors (Lipinski definition) is 1. The van der Waals surface area contributed by atoms with Gasteiger partial charge in [-0.05, 0) is 36.4 Å². The SMILES string of the molecule is Nc1nc2cccc(Cl)c2n1-c1ccc2ncccc2c1. The van der Waals surface area contributed by atoms with Crippen LogP contribution >= 0.6 is 11.6 Å². The van der Waals surface area contributed by atoms with Crippen LogP contribution in [0.25, 0.3) is 27.6 Å². The first kappa shape index (κ1) is 12.2. The molecule has 2 aromatic carbocycles. The molecule has 2 heterocycles. The van der Waals surface area contributed by atoms with Gasteiger partial charge in [-0.2, -0.15) is 0 Å². The van der Waals surface area contributed by atoms with Gasteiger partial charge in [0.05, 0.1) is 21.6 Å². The van der Waals surface area contributed by atoms with E-state index in [2.05, 4.69) is 9.97 Å². The lowest BCUT2D eigenvalue weighted by atomic mass is 10.2. The maximum absolute atomic E-state index is 6.31. The molecule has 0 saturated carbocycles. The largest absolute Gasteiger partial charge is 0.369 e. The fourth-order valence-electron chi connectivity index (χ4n) is 2.57. The fraction of sp³-hybridized carbons (Fsp3) is 0. The van der Waals surface area contributed by atoms with Gasteiger partial charge in [0.2, 0.25) is 5.95 Å². The number of imidazole rings is 1. The van der Waals surface area contributed by atoms with Crippen LogP contribution in [0.15, 0.2) is 54.7 Å². The van der Waals surface area contributed by atoms with Gasteiger partial charge in [0.15, 0.2) is 0 Å². The predicted octanol–water partition coefficient (Wildman–Crippen LogP) is 3.81. The first-order chi connectivity index (χ1) is 10.2. The van der Waals surface area contributed by atoms with Crippen LogP contribution in [0.5, 0.6) is 0 Å². The molecule has 0 atom stereocenters. The number of aromatic nitrogens is 3. The maximum Gasteiger partial charge on any atom is 0.205 e.